The number of para-hydroxylation sites is 1. The molecule has 0 bridgehead atoms. The molecular weight excluding hydrogens is 367 g/mol. The van der Waals surface area contributed by atoms with E-state index in [1.807, 2.05) is 6.07 Å². The van der Waals surface area contributed by atoms with Gasteiger partial charge in [-0.15, -0.1) is 5.10 Å². The number of nitrogens with zero attached hydrogens (tertiary/aromatic N) is 5. The number of benzene rings is 2. The van der Waals surface area contributed by atoms with Crippen LogP contribution in [0.15, 0.2) is 42.5 Å². The van der Waals surface area contributed by atoms with E-state index in [2.05, 4.69) is 15.1 Å². The topological polar surface area (TPSA) is 66.9 Å². The lowest BCUT2D eigenvalue weighted by Gasteiger charge is -2.10. The van der Waals surface area contributed by atoms with Gasteiger partial charge in [0, 0.05) is 10.9 Å². The maximum atomic E-state index is 13.2. The van der Waals surface area contributed by atoms with Crippen LogP contribution in [0.25, 0.3) is 27.9 Å². The fourth-order valence-corrected chi connectivity index (χ4v) is 2.85. The van der Waals surface area contributed by atoms with E-state index in [4.69, 9.17) is 16.9 Å². The zero-order chi connectivity index (χ0) is 18.5. The van der Waals surface area contributed by atoms with Gasteiger partial charge >= 0.3 is 6.18 Å². The van der Waals surface area contributed by atoms with Crippen molar-refractivity contribution in [1.82, 2.24) is 19.6 Å². The maximum Gasteiger partial charge on any atom is 0.418 e. The highest BCUT2D eigenvalue weighted by Crippen LogP contribution is 2.35. The Balaban J connectivity index is 1.99. The molecule has 0 N–H and O–H groups in total. The highest BCUT2D eigenvalue weighted by atomic mass is 35.5. The fourth-order valence-electron chi connectivity index (χ4n) is 2.64. The van der Waals surface area contributed by atoms with Gasteiger partial charge in [0.2, 0.25) is 5.28 Å². The molecule has 0 aliphatic rings. The maximum absolute atomic E-state index is 13.2. The summed E-state index contributed by atoms with van der Waals surface area (Å²) in [5.74, 6) is 0.267. The molecule has 0 saturated carbocycles. The van der Waals surface area contributed by atoms with Gasteiger partial charge in [-0.05, 0) is 48.0 Å². The van der Waals surface area contributed by atoms with Crippen molar-refractivity contribution in [2.75, 3.05) is 0 Å². The van der Waals surface area contributed by atoms with E-state index < -0.39 is 11.7 Å². The van der Waals surface area contributed by atoms with Crippen LogP contribution in [0.4, 0.5) is 13.2 Å². The minimum absolute atomic E-state index is 0.172. The van der Waals surface area contributed by atoms with E-state index in [1.54, 1.807) is 24.3 Å². The summed E-state index contributed by atoms with van der Waals surface area (Å²) in [6, 6.07) is 12.2. The number of fused-ring (bicyclic) bond motifs is 3. The third-order valence-corrected chi connectivity index (χ3v) is 4.09. The lowest BCUT2D eigenvalue weighted by atomic mass is 10.1. The summed E-state index contributed by atoms with van der Waals surface area (Å²) in [5, 5.41) is 13.0. The second-order valence-corrected chi connectivity index (χ2v) is 5.78. The SMILES string of the molecule is N#Cc1ccc(-c2nc3c4cccc(C(F)(F)F)c4nc(Cl)n3n2)cc1. The molecule has 0 saturated heterocycles. The normalized spacial score (nSPS) is 11.8. The zero-order valence-corrected chi connectivity index (χ0v) is 13.5. The number of rotatable bonds is 1. The Labute approximate surface area is 149 Å². The number of alkyl halides is 3. The van der Waals surface area contributed by atoms with Gasteiger partial charge in [-0.2, -0.15) is 22.9 Å². The quantitative estimate of drug-likeness (QED) is 0.461. The van der Waals surface area contributed by atoms with Crippen molar-refractivity contribution in [1.29, 1.82) is 5.26 Å². The van der Waals surface area contributed by atoms with Crippen LogP contribution in [0.3, 0.4) is 0 Å². The van der Waals surface area contributed by atoms with Crippen molar-refractivity contribution in [2.45, 2.75) is 6.18 Å². The molecule has 9 heteroatoms. The minimum atomic E-state index is -4.57. The molecule has 2 aromatic heterocycles. The Morgan fingerprint density at radius 2 is 1.77 bits per heavy atom. The average Bonchev–Trinajstić information content (AvgIpc) is 3.07. The van der Waals surface area contributed by atoms with Crippen molar-refractivity contribution in [2.24, 2.45) is 0 Å². The van der Waals surface area contributed by atoms with Crippen molar-refractivity contribution in [3.63, 3.8) is 0 Å². The van der Waals surface area contributed by atoms with E-state index in [9.17, 15) is 13.2 Å². The Bertz CT molecular complexity index is 1190. The van der Waals surface area contributed by atoms with Crippen LogP contribution in [-0.2, 0) is 6.18 Å². The molecule has 5 nitrogen and oxygen atoms in total. The highest BCUT2D eigenvalue weighted by Gasteiger charge is 2.34. The van der Waals surface area contributed by atoms with E-state index in [0.29, 0.717) is 11.1 Å². The molecule has 0 unspecified atom stereocenters. The standard InChI is InChI=1S/C17H7ClF3N5/c18-16-23-13-11(2-1-3-12(13)17(19,20)21)15-24-14(25-26(15)16)10-6-4-9(8-22)5-7-10/h1-7H. The molecule has 0 radical (unpaired) electrons. The monoisotopic (exact) mass is 373 g/mol. The molecule has 0 fully saturated rings. The van der Waals surface area contributed by atoms with Gasteiger partial charge in [-0.25, -0.2) is 9.97 Å². The van der Waals surface area contributed by atoms with E-state index in [0.717, 1.165) is 6.07 Å². The Morgan fingerprint density at radius 3 is 2.42 bits per heavy atom. The lowest BCUT2D eigenvalue weighted by molar-refractivity contribution is -0.136. The molecule has 0 amide bonds. The Morgan fingerprint density at radius 1 is 1.04 bits per heavy atom. The molecule has 4 aromatic rings. The molecule has 128 valence electrons. The van der Waals surface area contributed by atoms with Gasteiger partial charge in [0.25, 0.3) is 0 Å². The number of nitriles is 1. The minimum Gasteiger partial charge on any atom is -0.217 e. The van der Waals surface area contributed by atoms with Crippen LogP contribution < -0.4 is 0 Å². The third-order valence-electron chi connectivity index (χ3n) is 3.84. The van der Waals surface area contributed by atoms with Crippen molar-refractivity contribution in [3.05, 3.63) is 58.9 Å². The summed E-state index contributed by atoms with van der Waals surface area (Å²) >= 11 is 6.05. The third kappa shape index (κ3) is 2.53. The van der Waals surface area contributed by atoms with Crippen LogP contribution in [0, 0.1) is 11.3 Å². The fraction of sp³-hybridized carbons (Fsp3) is 0.0588. The van der Waals surface area contributed by atoms with Crippen LogP contribution in [0.5, 0.6) is 0 Å². The molecule has 0 atom stereocenters. The molecule has 2 aromatic carbocycles. The van der Waals surface area contributed by atoms with Crippen LogP contribution in [0.2, 0.25) is 5.28 Å². The molecular formula is C17H7ClF3N5. The van der Waals surface area contributed by atoms with Crippen LogP contribution in [0.1, 0.15) is 11.1 Å². The average molecular weight is 374 g/mol. The zero-order valence-electron chi connectivity index (χ0n) is 12.8. The van der Waals surface area contributed by atoms with E-state index in [-0.39, 0.29) is 27.7 Å². The largest absolute Gasteiger partial charge is 0.418 e. The number of aromatic nitrogens is 4. The first-order valence-corrected chi connectivity index (χ1v) is 7.69. The molecule has 4 rings (SSSR count). The number of hydrogen-bond acceptors (Lipinski definition) is 4. The van der Waals surface area contributed by atoms with Gasteiger partial charge in [0.05, 0.1) is 22.7 Å². The summed E-state index contributed by atoms with van der Waals surface area (Å²) in [6.45, 7) is 0. The van der Waals surface area contributed by atoms with Crippen molar-refractivity contribution in [3.8, 4) is 17.5 Å². The van der Waals surface area contributed by atoms with E-state index in [1.165, 1.54) is 16.6 Å². The smallest absolute Gasteiger partial charge is 0.217 e. The number of halogens is 4. The van der Waals surface area contributed by atoms with Gasteiger partial charge in [-0.3, -0.25) is 0 Å². The molecule has 0 aliphatic heterocycles. The summed E-state index contributed by atoms with van der Waals surface area (Å²) in [6.07, 6.45) is -4.57. The second-order valence-electron chi connectivity index (χ2n) is 5.44. The lowest BCUT2D eigenvalue weighted by Crippen LogP contribution is -2.07. The van der Waals surface area contributed by atoms with Gasteiger partial charge in [-0.1, -0.05) is 6.07 Å². The molecule has 2 heterocycles. The molecule has 0 aliphatic carbocycles. The number of hydrogen-bond donors (Lipinski definition) is 0. The Kier molecular flexibility index (Phi) is 3.56. The van der Waals surface area contributed by atoms with Crippen LogP contribution in [-0.4, -0.2) is 19.6 Å². The molecule has 0 spiro atoms. The van der Waals surface area contributed by atoms with Gasteiger partial charge in [0.1, 0.15) is 0 Å². The van der Waals surface area contributed by atoms with Crippen molar-refractivity contribution >= 4 is 28.2 Å². The van der Waals surface area contributed by atoms with Gasteiger partial charge in [0.15, 0.2) is 11.5 Å². The predicted molar refractivity (Wildman–Crippen MR) is 88.5 cm³/mol. The highest BCUT2D eigenvalue weighted by molar-refractivity contribution is 6.29. The predicted octanol–water partition coefficient (Wildman–Crippen LogP) is 4.49. The first kappa shape index (κ1) is 16.3. The van der Waals surface area contributed by atoms with E-state index >= 15 is 0 Å². The first-order chi connectivity index (χ1) is 12.4. The summed E-state index contributed by atoms with van der Waals surface area (Å²) < 4.78 is 40.9. The first-order valence-electron chi connectivity index (χ1n) is 7.31. The Hall–Kier alpha value is -3.18. The summed E-state index contributed by atoms with van der Waals surface area (Å²) in [7, 11) is 0. The molecule has 26 heavy (non-hydrogen) atoms. The van der Waals surface area contributed by atoms with Gasteiger partial charge < -0.3 is 0 Å². The second kappa shape index (κ2) is 5.68. The van der Waals surface area contributed by atoms with Crippen LogP contribution >= 0.6 is 11.6 Å². The summed E-state index contributed by atoms with van der Waals surface area (Å²) in [4.78, 5) is 8.20. The van der Waals surface area contributed by atoms with Crippen molar-refractivity contribution < 1.29 is 13.2 Å². The summed E-state index contributed by atoms with van der Waals surface area (Å²) in [5.41, 5.74) is 0.0745.